The minimum atomic E-state index is -2.53. The predicted molar refractivity (Wildman–Crippen MR) is 217 cm³/mol. The molecule has 0 unspecified atom stereocenters. The summed E-state index contributed by atoms with van der Waals surface area (Å²) < 4.78 is 0. The average molecular weight is 694 g/mol. The van der Waals surface area contributed by atoms with Gasteiger partial charge in [-0.15, -0.1) is 32.5 Å². The Bertz CT molecular complexity index is 1650. The Kier molecular flexibility index (Phi) is 16.2. The molecule has 0 aliphatic carbocycles. The molecule has 13 N–H and O–H groups in total. The van der Waals surface area contributed by atoms with E-state index >= 15 is 0 Å². The number of benzene rings is 2. The Labute approximate surface area is 323 Å². The molecule has 20 radical (unpaired) electrons. The van der Waals surface area contributed by atoms with Crippen molar-refractivity contribution >= 4 is 135 Å². The number of carbonyl (C=O) groups is 4. The average Bonchev–Trinajstić information content (AvgIpc) is 3.08. The third-order valence-corrected chi connectivity index (χ3v) is 8.63. The van der Waals surface area contributed by atoms with Gasteiger partial charge in [0.15, 0.2) is 5.96 Å². The van der Waals surface area contributed by atoms with E-state index in [4.69, 9.17) is 107 Å². The number of nitrogens with zero attached hydrogens (tertiary/aromatic N) is 1. The van der Waals surface area contributed by atoms with Gasteiger partial charge in [-0.25, -0.2) is 0 Å². The van der Waals surface area contributed by atoms with Gasteiger partial charge in [-0.1, -0.05) is 41.1 Å². The summed E-state index contributed by atoms with van der Waals surface area (Å²) in [6, 6.07) is 4.85. The number of hydrogen-bond donors (Lipinski definition) is 8. The van der Waals surface area contributed by atoms with E-state index in [2.05, 4.69) is 20.9 Å². The summed E-state index contributed by atoms with van der Waals surface area (Å²) in [5.41, 5.74) is 25.7. The third kappa shape index (κ3) is 12.1. The molecule has 0 fully saturated rings. The number of aliphatic imine (C=N–C) groups is 1. The molecule has 0 aliphatic rings. The van der Waals surface area contributed by atoms with E-state index in [1.807, 2.05) is 0 Å². The zero-order valence-electron chi connectivity index (χ0n) is 29.3. The van der Waals surface area contributed by atoms with Crippen LogP contribution in [0.3, 0.4) is 0 Å². The van der Waals surface area contributed by atoms with Crippen molar-refractivity contribution in [3.8, 4) is 0 Å². The number of hydrogen-bond acceptors (Lipinski definition) is 7. The highest BCUT2D eigenvalue weighted by Gasteiger charge is 2.44. The van der Waals surface area contributed by atoms with Gasteiger partial charge in [0.25, 0.3) is 0 Å². The predicted octanol–water partition coefficient (Wildman–Crippen LogP) is -9.49. The smallest absolute Gasteiger partial charge is 0.243 e. The molecule has 0 aliphatic heterocycles. The zero-order valence-corrected chi connectivity index (χ0v) is 29.3. The fourth-order valence-electron chi connectivity index (χ4n) is 5.14. The SMILES string of the molecule is [B]c1c([B])c([B])c(C[C@H](NC(=O)[C@@H](CCCN=C(N)N)NC(=O)[C@@H](N)Cc2ccccc2)C(=O)N[C@@]([B])(CC([B])([B])C([B])([B])CN)C(N)=O)c([B])c1[B]. The van der Waals surface area contributed by atoms with Gasteiger partial charge in [0.2, 0.25) is 23.6 Å². The van der Waals surface area contributed by atoms with Crippen LogP contribution in [0.2, 0.25) is 10.4 Å². The summed E-state index contributed by atoms with van der Waals surface area (Å²) >= 11 is 0. The summed E-state index contributed by atoms with van der Waals surface area (Å²) in [6.07, 6.45) is -1.05. The maximum Gasteiger partial charge on any atom is 0.243 e. The molecule has 2 rings (SSSR count). The van der Waals surface area contributed by atoms with Crippen LogP contribution in [0.15, 0.2) is 35.3 Å². The molecule has 0 aromatic heterocycles. The van der Waals surface area contributed by atoms with E-state index in [1.54, 1.807) is 30.3 Å². The van der Waals surface area contributed by atoms with E-state index in [0.717, 1.165) is 5.56 Å². The number of amides is 4. The van der Waals surface area contributed by atoms with Gasteiger partial charge in [0, 0.05) is 13.0 Å². The van der Waals surface area contributed by atoms with Crippen molar-refractivity contribution in [3.05, 3.63) is 41.5 Å². The molecule has 2 aromatic rings. The number of nitrogens with two attached hydrogens (primary N) is 5. The molecule has 4 amide bonds. The Morgan fingerprint density at radius 2 is 1.25 bits per heavy atom. The van der Waals surface area contributed by atoms with E-state index in [1.165, 1.54) is 0 Å². The quantitative estimate of drug-likeness (QED) is 0.0303. The first-order valence-electron chi connectivity index (χ1n) is 16.2. The summed E-state index contributed by atoms with van der Waals surface area (Å²) in [5.74, 6) is -4.24. The molecular weight excluding hydrogens is 659 g/mol. The van der Waals surface area contributed by atoms with Gasteiger partial charge >= 0.3 is 0 Å². The summed E-state index contributed by atoms with van der Waals surface area (Å²) in [6.45, 7) is -0.384. The molecule has 0 saturated carbocycles. The van der Waals surface area contributed by atoms with E-state index < -0.39 is 77.0 Å². The molecular formula is C30H35B10N9O4. The van der Waals surface area contributed by atoms with E-state index in [-0.39, 0.29) is 64.6 Å². The van der Waals surface area contributed by atoms with Gasteiger partial charge in [-0.2, -0.15) is 0 Å². The van der Waals surface area contributed by atoms with Gasteiger partial charge in [-0.3, -0.25) is 24.2 Å². The van der Waals surface area contributed by atoms with E-state index in [9.17, 15) is 19.2 Å². The van der Waals surface area contributed by atoms with Crippen LogP contribution in [-0.2, 0) is 32.0 Å². The highest BCUT2D eigenvalue weighted by atomic mass is 16.2. The first-order chi connectivity index (χ1) is 24.5. The van der Waals surface area contributed by atoms with Crippen molar-refractivity contribution in [1.82, 2.24) is 16.0 Å². The summed E-state index contributed by atoms with van der Waals surface area (Å²) in [7, 11) is 60.8. The first-order valence-corrected chi connectivity index (χ1v) is 16.2. The van der Waals surface area contributed by atoms with Gasteiger partial charge in [0.05, 0.1) is 42.9 Å². The van der Waals surface area contributed by atoms with Crippen molar-refractivity contribution in [3.63, 3.8) is 0 Å². The maximum atomic E-state index is 14.1. The molecule has 0 bridgehead atoms. The lowest BCUT2D eigenvalue weighted by atomic mass is 9.27. The Balaban J connectivity index is 2.56. The van der Waals surface area contributed by atoms with Crippen LogP contribution in [-0.4, -0.2) is 145 Å². The third-order valence-electron chi connectivity index (χ3n) is 8.63. The molecule has 0 heterocycles. The van der Waals surface area contributed by atoms with E-state index in [0.29, 0.717) is 0 Å². The van der Waals surface area contributed by atoms with Crippen molar-refractivity contribution < 1.29 is 19.2 Å². The van der Waals surface area contributed by atoms with Crippen LogP contribution < -0.4 is 71.9 Å². The number of primary amides is 1. The summed E-state index contributed by atoms with van der Waals surface area (Å²) in [4.78, 5) is 57.9. The van der Waals surface area contributed by atoms with Crippen LogP contribution in [0.25, 0.3) is 0 Å². The minimum absolute atomic E-state index is 0.00682. The topological polar surface area (TPSA) is 247 Å². The molecule has 254 valence electrons. The molecule has 0 spiro atoms. The van der Waals surface area contributed by atoms with Crippen molar-refractivity contribution in [2.45, 2.75) is 66.1 Å². The lowest BCUT2D eigenvalue weighted by Gasteiger charge is -2.48. The highest BCUT2D eigenvalue weighted by molar-refractivity contribution is 6.67. The summed E-state index contributed by atoms with van der Waals surface area (Å²) in [5, 5.41) is 3.20. The molecule has 23 heteroatoms. The second kappa shape index (κ2) is 19.0. The van der Waals surface area contributed by atoms with Crippen LogP contribution >= 0.6 is 0 Å². The fraction of sp³-hybridized carbons (Fsp3) is 0.433. The lowest BCUT2D eigenvalue weighted by Crippen LogP contribution is -2.65. The van der Waals surface area contributed by atoms with Crippen molar-refractivity contribution in [1.29, 1.82) is 0 Å². The maximum absolute atomic E-state index is 14.1. The molecule has 13 nitrogen and oxygen atoms in total. The Morgan fingerprint density at radius 1 is 0.717 bits per heavy atom. The van der Waals surface area contributed by atoms with Crippen LogP contribution in [0.5, 0.6) is 0 Å². The number of carbonyl (C=O) groups excluding carboxylic acids is 4. The number of nitrogens with one attached hydrogen (secondary N) is 3. The normalized spacial score (nSPS) is 14.5. The standard InChI is InChI=1S/C30H35B10N9O4/c31-18-14(19(32)21(34)22(35)20(18)33)10-17(25(52)49-28(36,26(43)53)11-29(37,38)30(39,40)12-41)48-24(51)16(7-4-8-46-27(44)45)47-23(50)15(42)9-13-5-2-1-3-6-13/h1-3,5-6,15-17H,4,7-12,41-42H2,(H2,43,53)(H,47,50)(H,48,51)(H,49,52)(H4,44,45,46)/t15-,16+,17-,28-/m0/s1. The molecule has 53 heavy (non-hydrogen) atoms. The van der Waals surface area contributed by atoms with Crippen molar-refractivity contribution in [2.24, 2.45) is 33.7 Å². The number of guanidine groups is 1. The number of rotatable bonds is 19. The molecule has 0 saturated heterocycles. The fourth-order valence-corrected chi connectivity index (χ4v) is 5.14. The Hall–Kier alpha value is -3.84. The lowest BCUT2D eigenvalue weighted by molar-refractivity contribution is -0.134. The van der Waals surface area contributed by atoms with Crippen LogP contribution in [0.4, 0.5) is 0 Å². The molecule has 2 aromatic carbocycles. The largest absolute Gasteiger partial charge is 0.370 e. The van der Waals surface area contributed by atoms with Gasteiger partial charge in [0.1, 0.15) is 59.2 Å². The van der Waals surface area contributed by atoms with Gasteiger partial charge < -0.3 is 44.6 Å². The first kappa shape index (κ1) is 45.3. The minimum Gasteiger partial charge on any atom is -0.370 e. The monoisotopic (exact) mass is 695 g/mol. The van der Waals surface area contributed by atoms with Crippen LogP contribution in [0.1, 0.15) is 30.4 Å². The Morgan fingerprint density at radius 3 is 1.75 bits per heavy atom. The second-order valence-electron chi connectivity index (χ2n) is 12.9. The van der Waals surface area contributed by atoms with Gasteiger partial charge in [-0.05, 0) is 37.8 Å². The molecule has 4 atom stereocenters. The zero-order chi connectivity index (χ0) is 40.5. The highest BCUT2D eigenvalue weighted by Crippen LogP contribution is 2.45. The van der Waals surface area contributed by atoms with Crippen LogP contribution in [0, 0.1) is 0 Å². The second-order valence-corrected chi connectivity index (χ2v) is 12.9. The van der Waals surface area contributed by atoms with Crippen molar-refractivity contribution in [2.75, 3.05) is 13.1 Å².